The van der Waals surface area contributed by atoms with Crippen molar-refractivity contribution in [3.8, 4) is 0 Å². The molecule has 9 heteroatoms. The van der Waals surface area contributed by atoms with Crippen LogP contribution in [0, 0.1) is 11.8 Å². The Kier molecular flexibility index (Phi) is 4.23. The summed E-state index contributed by atoms with van der Waals surface area (Å²) in [6.07, 6.45) is 6.71. The van der Waals surface area contributed by atoms with Crippen molar-refractivity contribution in [2.24, 2.45) is 11.8 Å². The number of aromatic nitrogens is 3. The number of benzene rings is 1. The van der Waals surface area contributed by atoms with Gasteiger partial charge in [-0.3, -0.25) is 0 Å². The lowest BCUT2D eigenvalue weighted by atomic mass is 9.99. The Bertz CT molecular complexity index is 1060. The number of aromatic amines is 1. The largest absolute Gasteiger partial charge is 0.322 e. The molecule has 1 aromatic heterocycles. The lowest BCUT2D eigenvalue weighted by Gasteiger charge is -2.17. The Morgan fingerprint density at radius 3 is 2.27 bits per heavy atom. The van der Waals surface area contributed by atoms with Crippen LogP contribution < -0.4 is 5.32 Å². The molecule has 0 amide bonds. The summed E-state index contributed by atoms with van der Waals surface area (Å²) in [7, 11) is -1.55. The third-order valence-corrected chi connectivity index (χ3v) is 9.04. The van der Waals surface area contributed by atoms with Crippen LogP contribution in [0.5, 0.6) is 0 Å². The predicted octanol–water partition coefficient (Wildman–Crippen LogP) is 1.71. The van der Waals surface area contributed by atoms with E-state index in [0.29, 0.717) is 30.9 Å². The second-order valence-corrected chi connectivity index (χ2v) is 11.2. The molecule has 2 N–H and O–H groups in total. The minimum Gasteiger partial charge on any atom is -0.322 e. The average molecular weight is 429 g/mol. The lowest BCUT2D eigenvalue weighted by Crippen LogP contribution is -2.33. The summed E-state index contributed by atoms with van der Waals surface area (Å²) >= 11 is 0. The summed E-state index contributed by atoms with van der Waals surface area (Å²) in [5.41, 5.74) is 6.70. The first-order chi connectivity index (χ1) is 14.5. The number of likely N-dealkylation sites (tertiary alicyclic amines) is 1. The molecule has 8 nitrogen and oxygen atoms in total. The van der Waals surface area contributed by atoms with Crippen LogP contribution in [0.3, 0.4) is 0 Å². The topological polar surface area (TPSA) is 94.2 Å². The molecule has 2 atom stereocenters. The number of rotatable bonds is 4. The van der Waals surface area contributed by atoms with Crippen LogP contribution >= 0.6 is 0 Å². The van der Waals surface area contributed by atoms with Gasteiger partial charge in [-0.15, -0.1) is 5.10 Å². The van der Waals surface area contributed by atoms with Gasteiger partial charge in [0.2, 0.25) is 5.95 Å². The number of aryl methyl sites for hydroxylation is 2. The summed E-state index contributed by atoms with van der Waals surface area (Å²) in [4.78, 5) is 6.65. The molecular weight excluding hydrogens is 400 g/mol. The summed E-state index contributed by atoms with van der Waals surface area (Å²) in [5, 5.41) is 10.2. The first-order valence-electron chi connectivity index (χ1n) is 11.0. The average Bonchev–Trinajstić information content (AvgIpc) is 3.49. The van der Waals surface area contributed by atoms with Gasteiger partial charge in [0.05, 0.1) is 0 Å². The second-order valence-electron chi connectivity index (χ2n) is 9.39. The van der Waals surface area contributed by atoms with Crippen LogP contribution in [0.2, 0.25) is 0 Å². The van der Waals surface area contributed by atoms with Gasteiger partial charge in [-0.2, -0.15) is 9.29 Å². The second kappa shape index (κ2) is 6.77. The SMILES string of the molecule is CN1CC2CN(S(=O)(=O)c3nc(Nc4c5c(cc6c4CCC6)CCC5)n[nH]3)CC2C1. The Balaban J connectivity index is 1.26. The van der Waals surface area contributed by atoms with E-state index >= 15 is 0 Å². The number of sulfonamides is 1. The number of nitrogens with zero attached hydrogens (tertiary/aromatic N) is 4. The molecule has 2 unspecified atom stereocenters. The van der Waals surface area contributed by atoms with Gasteiger partial charge in [-0.25, -0.2) is 13.5 Å². The van der Waals surface area contributed by atoms with Crippen molar-refractivity contribution in [3.63, 3.8) is 0 Å². The van der Waals surface area contributed by atoms with Gasteiger partial charge in [0.15, 0.2) is 0 Å². The van der Waals surface area contributed by atoms with Crippen LogP contribution in [0.25, 0.3) is 0 Å². The highest BCUT2D eigenvalue weighted by Crippen LogP contribution is 2.39. The van der Waals surface area contributed by atoms with E-state index in [1.807, 2.05) is 0 Å². The maximum absolute atomic E-state index is 13.1. The van der Waals surface area contributed by atoms with Crippen molar-refractivity contribution >= 4 is 21.7 Å². The molecule has 2 aromatic rings. The Hall–Kier alpha value is -1.97. The van der Waals surface area contributed by atoms with Crippen LogP contribution in [0.15, 0.2) is 11.2 Å². The maximum Gasteiger partial charge on any atom is 0.278 e. The Morgan fingerprint density at radius 1 is 1.00 bits per heavy atom. The summed E-state index contributed by atoms with van der Waals surface area (Å²) in [6.45, 7) is 3.06. The molecule has 2 saturated heterocycles. The molecule has 30 heavy (non-hydrogen) atoms. The van der Waals surface area contributed by atoms with Gasteiger partial charge in [0.25, 0.3) is 15.2 Å². The molecule has 2 fully saturated rings. The van der Waals surface area contributed by atoms with Gasteiger partial charge in [0.1, 0.15) is 0 Å². The van der Waals surface area contributed by atoms with E-state index < -0.39 is 10.0 Å². The first-order valence-corrected chi connectivity index (χ1v) is 12.5. The van der Waals surface area contributed by atoms with Crippen molar-refractivity contribution < 1.29 is 8.42 Å². The van der Waals surface area contributed by atoms with E-state index in [9.17, 15) is 8.42 Å². The standard InChI is InChI=1S/C21H28N6O2S/c1-26-9-15-11-27(12-16(15)10-26)30(28,29)21-23-20(24-25-21)22-19-17-6-2-4-13(17)8-14-5-3-7-18(14)19/h8,15-16H,2-7,9-12H2,1H3,(H2,22,23,24,25). The zero-order valence-corrected chi connectivity index (χ0v) is 18.1. The first kappa shape index (κ1) is 18.8. The summed E-state index contributed by atoms with van der Waals surface area (Å²) in [5.74, 6) is 1.18. The zero-order chi connectivity index (χ0) is 20.5. The fourth-order valence-electron chi connectivity index (χ4n) is 6.00. The van der Waals surface area contributed by atoms with Gasteiger partial charge < -0.3 is 10.2 Å². The molecule has 6 rings (SSSR count). The summed E-state index contributed by atoms with van der Waals surface area (Å²) < 4.78 is 27.9. The molecule has 160 valence electrons. The smallest absolute Gasteiger partial charge is 0.278 e. The number of H-pyrrole nitrogens is 1. The van der Waals surface area contributed by atoms with Crippen LogP contribution in [-0.4, -0.2) is 66.0 Å². The van der Waals surface area contributed by atoms with E-state index in [4.69, 9.17) is 0 Å². The molecule has 2 aliphatic heterocycles. The Labute approximate surface area is 177 Å². The van der Waals surface area contributed by atoms with Crippen molar-refractivity contribution in [3.05, 3.63) is 28.3 Å². The van der Waals surface area contributed by atoms with E-state index in [2.05, 4.69) is 38.5 Å². The minimum atomic E-state index is -3.65. The monoisotopic (exact) mass is 428 g/mol. The highest BCUT2D eigenvalue weighted by Gasteiger charge is 2.44. The van der Waals surface area contributed by atoms with Crippen molar-refractivity contribution in [2.45, 2.75) is 43.7 Å². The van der Waals surface area contributed by atoms with Gasteiger partial charge in [-0.05, 0) is 79.7 Å². The molecule has 1 aromatic carbocycles. The van der Waals surface area contributed by atoms with Gasteiger partial charge in [-0.1, -0.05) is 6.07 Å². The highest BCUT2D eigenvalue weighted by molar-refractivity contribution is 7.89. The van der Waals surface area contributed by atoms with Crippen LogP contribution in [0.4, 0.5) is 11.6 Å². The molecule has 3 heterocycles. The van der Waals surface area contributed by atoms with Crippen molar-refractivity contribution in [2.75, 3.05) is 38.5 Å². The number of anilines is 2. The Morgan fingerprint density at radius 2 is 1.63 bits per heavy atom. The van der Waals surface area contributed by atoms with E-state index in [1.54, 1.807) is 4.31 Å². The third kappa shape index (κ3) is 2.90. The normalized spacial score (nSPS) is 26.2. The number of fused-ring (bicyclic) bond motifs is 3. The fraction of sp³-hybridized carbons (Fsp3) is 0.619. The molecular formula is C21H28N6O2S. The number of nitrogens with one attached hydrogen (secondary N) is 2. The summed E-state index contributed by atoms with van der Waals surface area (Å²) in [6, 6.07) is 2.38. The van der Waals surface area contributed by atoms with E-state index in [1.165, 1.54) is 35.1 Å². The predicted molar refractivity (Wildman–Crippen MR) is 113 cm³/mol. The fourth-order valence-corrected chi connectivity index (χ4v) is 7.38. The molecule has 4 aliphatic rings. The lowest BCUT2D eigenvalue weighted by molar-refractivity contribution is 0.348. The van der Waals surface area contributed by atoms with Gasteiger partial charge >= 0.3 is 0 Å². The molecule has 0 spiro atoms. The highest BCUT2D eigenvalue weighted by atomic mass is 32.2. The van der Waals surface area contributed by atoms with Crippen LogP contribution in [0.1, 0.15) is 35.1 Å². The van der Waals surface area contributed by atoms with E-state index in [0.717, 1.165) is 44.5 Å². The third-order valence-electron chi connectivity index (χ3n) is 7.39. The van der Waals surface area contributed by atoms with Crippen molar-refractivity contribution in [1.82, 2.24) is 24.4 Å². The molecule has 0 saturated carbocycles. The minimum absolute atomic E-state index is 0.0532. The molecule has 2 aliphatic carbocycles. The van der Waals surface area contributed by atoms with E-state index in [-0.39, 0.29) is 5.16 Å². The number of hydrogen-bond acceptors (Lipinski definition) is 6. The molecule has 0 radical (unpaired) electrons. The van der Waals surface area contributed by atoms with Gasteiger partial charge in [0, 0.05) is 31.9 Å². The van der Waals surface area contributed by atoms with Crippen LogP contribution in [-0.2, 0) is 35.7 Å². The van der Waals surface area contributed by atoms with Crippen molar-refractivity contribution in [1.29, 1.82) is 0 Å². The zero-order valence-electron chi connectivity index (χ0n) is 17.3. The quantitative estimate of drug-likeness (QED) is 0.770. The molecule has 0 bridgehead atoms. The number of hydrogen-bond donors (Lipinski definition) is 2. The maximum atomic E-state index is 13.1.